The Morgan fingerprint density at radius 3 is 1.72 bits per heavy atom. The van der Waals surface area contributed by atoms with E-state index in [4.69, 9.17) is 34.2 Å². The standard InChI is InChI=1S/C68H88N10O18S2/c1-39(2)59(73-56(79)17-11-9-12-25-74-57(80)22-23-58(74)81)61(83)72-47(16-15-24-70-66(69)88)60(82)71-44-20-18-43(19-21-44)38-96-68(90)78-49-35-55(53(92-8)33-46(49)63(85)76-37-42(6)31-51(76)65(78)87)94-27-14-10-13-26-93-54-34-48-45(32-52(54)91-7)62(84)75-36-41(5)30-50(75)64(86)77(48)67(89)95-28-29-97-98-40(3)4/h18-23,32-35,39-40,47,50-51,59,64-65,86-87H,5-6,9-17,24-31,36-38H2,1-4,7-8H3,(H,71,82)(H,72,83)(H,73,79)(H3,69,70,88)/t47-,50-,51-,59-,64?,65?/m0/s1. The Morgan fingerprint density at radius 2 is 1.20 bits per heavy atom. The number of aliphatic hydroxyl groups is 2. The zero-order valence-electron chi connectivity index (χ0n) is 56.0. The molecule has 28 nitrogen and oxygen atoms in total. The van der Waals surface area contributed by atoms with Gasteiger partial charge >= 0.3 is 18.2 Å². The van der Waals surface area contributed by atoms with Crippen LogP contribution in [0.25, 0.3) is 0 Å². The van der Waals surface area contributed by atoms with Crippen molar-refractivity contribution in [3.8, 4) is 23.0 Å². The minimum absolute atomic E-state index is 0.00286. The number of fused-ring (bicyclic) bond motifs is 4. The van der Waals surface area contributed by atoms with E-state index >= 15 is 0 Å². The smallest absolute Gasteiger partial charge is 0.416 e. The van der Waals surface area contributed by atoms with Crippen LogP contribution in [-0.4, -0.2) is 192 Å². The van der Waals surface area contributed by atoms with Gasteiger partial charge in [-0.3, -0.25) is 38.5 Å². The van der Waals surface area contributed by atoms with Gasteiger partial charge in [-0.15, -0.1) is 0 Å². The molecule has 5 heterocycles. The first-order valence-electron chi connectivity index (χ1n) is 32.7. The van der Waals surface area contributed by atoms with Gasteiger partial charge in [0.2, 0.25) is 17.7 Å². The maximum absolute atomic E-state index is 14.4. The molecule has 0 spiro atoms. The highest BCUT2D eigenvalue weighted by atomic mass is 33.1. The first-order valence-corrected chi connectivity index (χ1v) is 35.0. The van der Waals surface area contributed by atoms with Crippen LogP contribution in [0.3, 0.4) is 0 Å². The van der Waals surface area contributed by atoms with Gasteiger partial charge in [0.25, 0.3) is 23.6 Å². The van der Waals surface area contributed by atoms with Crippen LogP contribution in [0.15, 0.2) is 85.0 Å². The van der Waals surface area contributed by atoms with Crippen molar-refractivity contribution >= 4 is 98.2 Å². The lowest BCUT2D eigenvalue weighted by atomic mass is 10.0. The summed E-state index contributed by atoms with van der Waals surface area (Å²) in [7, 11) is 6.05. The van der Waals surface area contributed by atoms with Crippen molar-refractivity contribution < 1.29 is 86.6 Å². The van der Waals surface area contributed by atoms with Crippen LogP contribution >= 0.6 is 21.6 Å². The van der Waals surface area contributed by atoms with E-state index < -0.39 is 84.4 Å². The van der Waals surface area contributed by atoms with Crippen LogP contribution in [0.4, 0.5) is 31.4 Å². The van der Waals surface area contributed by atoms with E-state index in [1.165, 1.54) is 60.4 Å². The summed E-state index contributed by atoms with van der Waals surface area (Å²) in [4.78, 5) is 139. The Hall–Kier alpha value is -9.00. The Labute approximate surface area is 577 Å². The molecule has 30 heteroatoms. The molecule has 0 saturated carbocycles. The third-order valence-electron chi connectivity index (χ3n) is 16.9. The van der Waals surface area contributed by atoms with E-state index in [1.54, 1.807) is 59.7 Å². The summed E-state index contributed by atoms with van der Waals surface area (Å²) in [5.41, 5.74) is 7.70. The average molecular weight is 1400 g/mol. The molecule has 6 atom stereocenters. The van der Waals surface area contributed by atoms with Crippen molar-refractivity contribution in [3.05, 3.63) is 102 Å². The molecule has 5 aliphatic heterocycles. The number of imide groups is 1. The van der Waals surface area contributed by atoms with Crippen LogP contribution in [0.2, 0.25) is 0 Å². The van der Waals surface area contributed by atoms with Gasteiger partial charge in [0.15, 0.2) is 35.5 Å². The monoisotopic (exact) mass is 1400 g/mol. The largest absolute Gasteiger partial charge is 0.493 e. The number of carbonyl (C=O) groups is 10. The van der Waals surface area contributed by atoms with E-state index in [-0.39, 0.29) is 142 Å². The van der Waals surface area contributed by atoms with Crippen molar-refractivity contribution in [1.82, 2.24) is 30.7 Å². The minimum Gasteiger partial charge on any atom is -0.493 e. The average Bonchev–Trinajstić information content (AvgIpc) is 1.59. The molecule has 530 valence electrons. The number of unbranched alkanes of at least 4 members (excludes halogenated alkanes) is 4. The fraction of sp³-hybridized carbons (Fsp3) is 0.500. The number of ether oxygens (including phenoxy) is 6. The normalized spacial score (nSPS) is 18.5. The molecular formula is C68H88N10O18S2. The molecule has 5 aliphatic rings. The van der Waals surface area contributed by atoms with Crippen LogP contribution < -0.4 is 55.7 Å². The van der Waals surface area contributed by atoms with Gasteiger partial charge in [-0.25, -0.2) is 24.2 Å². The van der Waals surface area contributed by atoms with E-state index in [9.17, 15) is 58.2 Å². The predicted molar refractivity (Wildman–Crippen MR) is 367 cm³/mol. The van der Waals surface area contributed by atoms with E-state index in [2.05, 4.69) is 48.3 Å². The number of urea groups is 1. The van der Waals surface area contributed by atoms with Gasteiger partial charge < -0.3 is 75.4 Å². The number of aliphatic hydroxyl groups excluding tert-OH is 2. The fourth-order valence-electron chi connectivity index (χ4n) is 11.9. The molecule has 98 heavy (non-hydrogen) atoms. The summed E-state index contributed by atoms with van der Waals surface area (Å²) in [6.45, 7) is 16.4. The van der Waals surface area contributed by atoms with Crippen LogP contribution in [0.5, 0.6) is 23.0 Å². The zero-order chi connectivity index (χ0) is 70.9. The van der Waals surface area contributed by atoms with Gasteiger partial charge in [0.05, 0.1) is 62.0 Å². The number of primary amides is 1. The van der Waals surface area contributed by atoms with Crippen molar-refractivity contribution in [2.24, 2.45) is 11.7 Å². The van der Waals surface area contributed by atoms with Gasteiger partial charge in [-0.05, 0) is 93.5 Å². The number of rotatable bonds is 33. The van der Waals surface area contributed by atoms with Crippen molar-refractivity contribution in [1.29, 1.82) is 0 Å². The third-order valence-corrected chi connectivity index (χ3v) is 19.8. The molecule has 0 radical (unpaired) electrons. The Kier molecular flexibility index (Phi) is 26.7. The molecule has 0 aromatic heterocycles. The summed E-state index contributed by atoms with van der Waals surface area (Å²) >= 11 is 0. The molecule has 3 aromatic carbocycles. The molecule has 8 rings (SSSR count). The topological polar surface area (TPSA) is 357 Å². The quantitative estimate of drug-likeness (QED) is 0.0141. The number of hydrogen-bond donors (Lipinski definition) is 7. The Bertz CT molecular complexity index is 3500. The van der Waals surface area contributed by atoms with Gasteiger partial charge in [-0.2, -0.15) is 0 Å². The number of hydrogen-bond acceptors (Lipinski definition) is 20. The second-order valence-electron chi connectivity index (χ2n) is 24.9. The molecule has 11 amide bonds. The van der Waals surface area contributed by atoms with Crippen LogP contribution in [-0.2, 0) is 40.1 Å². The second-order valence-corrected chi connectivity index (χ2v) is 27.9. The maximum Gasteiger partial charge on any atom is 0.416 e. The number of nitrogens with two attached hydrogens (primary N) is 1. The summed E-state index contributed by atoms with van der Waals surface area (Å²) in [5.74, 6) is -2.34. The fourth-order valence-corrected chi connectivity index (χ4v) is 13.7. The highest BCUT2D eigenvalue weighted by Gasteiger charge is 2.48. The third kappa shape index (κ3) is 19.0. The Balaban J connectivity index is 0.880. The summed E-state index contributed by atoms with van der Waals surface area (Å²) in [6.07, 6.45) is 1.48. The van der Waals surface area contributed by atoms with Crippen LogP contribution in [0, 0.1) is 5.92 Å². The molecular weight excluding hydrogens is 1310 g/mol. The summed E-state index contributed by atoms with van der Waals surface area (Å²) < 4.78 is 35.4. The molecule has 2 saturated heterocycles. The van der Waals surface area contributed by atoms with Crippen LogP contribution in [0.1, 0.15) is 125 Å². The maximum atomic E-state index is 14.4. The van der Waals surface area contributed by atoms with Gasteiger partial charge in [-0.1, -0.05) is 92.1 Å². The number of methoxy groups -OCH3 is 2. The summed E-state index contributed by atoms with van der Waals surface area (Å²) in [6, 6.07) is 7.62. The molecule has 2 fully saturated rings. The first-order chi connectivity index (χ1) is 46.9. The van der Waals surface area contributed by atoms with Crippen molar-refractivity contribution in [3.63, 3.8) is 0 Å². The lowest BCUT2D eigenvalue weighted by molar-refractivity contribution is -0.137. The zero-order valence-corrected chi connectivity index (χ0v) is 57.6. The number of benzene rings is 3. The van der Waals surface area contributed by atoms with E-state index in [0.29, 0.717) is 72.8 Å². The predicted octanol–water partition coefficient (Wildman–Crippen LogP) is 6.91. The molecule has 3 aromatic rings. The lowest BCUT2D eigenvalue weighted by Gasteiger charge is -2.31. The van der Waals surface area contributed by atoms with Crippen molar-refractivity contribution in [2.45, 2.75) is 147 Å². The molecule has 0 aliphatic carbocycles. The molecule has 2 unspecified atom stereocenters. The number of carbonyl (C=O) groups excluding carboxylic acids is 10. The molecule has 8 N–H and O–H groups in total. The van der Waals surface area contributed by atoms with E-state index in [1.807, 2.05) is 0 Å². The SMILES string of the molecule is C=C1C[C@H]2C(O)N(C(=O)OCCSSC(C)C)c3cc(OCCCCCOc4cc5c(cc4OC)C(=O)N4CC(=C)C[C@H]4C(O)N5C(=O)OCc4ccc(NC(=O)[C@H](CCCNC(N)=O)NC(=O)[C@@H](NC(=O)CCCCCN5C(=O)C=CC5=O)C(C)C)cc4)c(OC)cc3C(=O)N2C1. The number of nitrogens with zero attached hydrogens (tertiary/aromatic N) is 5. The minimum atomic E-state index is -1.60. The number of anilines is 3. The highest BCUT2D eigenvalue weighted by Crippen LogP contribution is 2.44. The van der Waals surface area contributed by atoms with Gasteiger partial charge in [0.1, 0.15) is 25.3 Å². The highest BCUT2D eigenvalue weighted by molar-refractivity contribution is 8.76. The lowest BCUT2D eigenvalue weighted by Crippen LogP contribution is -2.54. The summed E-state index contributed by atoms with van der Waals surface area (Å²) in [5, 5.41) is 34.9. The Morgan fingerprint density at radius 1 is 0.663 bits per heavy atom. The van der Waals surface area contributed by atoms with E-state index in [0.717, 1.165) is 20.3 Å². The first kappa shape index (κ1) is 74.8. The van der Waals surface area contributed by atoms with Crippen molar-refractivity contribution in [2.75, 3.05) is 81.1 Å². The molecule has 0 bridgehead atoms. The number of nitrogens with one attached hydrogen (secondary N) is 4. The number of amides is 11. The van der Waals surface area contributed by atoms with Gasteiger partial charge in [0, 0.05) is 73.6 Å². The second kappa shape index (κ2) is 35.0.